The average molecular weight is 689 g/mol. The molecule has 0 radical (unpaired) electrons. The fourth-order valence-electron chi connectivity index (χ4n) is 16.4. The molecular formula is C42H48N4O5. The minimum absolute atomic E-state index is 0.0147. The van der Waals surface area contributed by atoms with Crippen molar-refractivity contribution in [3.05, 3.63) is 70.9 Å². The molecule has 9 heteroatoms. The molecule has 9 heterocycles. The molecule has 8 fully saturated rings. The summed E-state index contributed by atoms with van der Waals surface area (Å²) in [5.74, 6) is -0.129. The Hall–Kier alpha value is -2.95. The molecule has 0 aromatic heterocycles. The maximum absolute atomic E-state index is 13.9. The molecule has 4 spiro atoms. The Kier molecular flexibility index (Phi) is 5.13. The van der Waals surface area contributed by atoms with E-state index in [1.807, 2.05) is 0 Å². The van der Waals surface area contributed by atoms with E-state index in [9.17, 15) is 9.90 Å². The summed E-state index contributed by atoms with van der Waals surface area (Å²) >= 11 is 0. The van der Waals surface area contributed by atoms with Crippen LogP contribution >= 0.6 is 0 Å². The van der Waals surface area contributed by atoms with Gasteiger partial charge in [-0.1, -0.05) is 43.3 Å². The Bertz CT molecular complexity index is 2000. The standard InChI is InChI=1S/C42H48N4O5/c1-3-38-19-24-18-37(23-46-29-11-7-5-9-27(29)41(42(24,46)48)13-16-44(35(38)41)21-30-32(38)51-30)22-45-15-12-40-26-8-4-6-10-28(26)43-31(40)25(33(47)49-2)20-39(34(40)45)14-17-50-36(37)39/h4-11,24,30,32,34-36,43,48H,3,12-23H2,1-2H3/t24-,30-,32-,34+,35+,36+,37-,38-,39+,40+,41-,42-/m1/s1. The average Bonchev–Trinajstić information content (AvgIpc) is 3.49. The minimum Gasteiger partial charge on any atom is -0.466 e. The van der Waals surface area contributed by atoms with Crippen molar-refractivity contribution in [3.63, 3.8) is 0 Å². The predicted octanol–water partition coefficient (Wildman–Crippen LogP) is 4.15. The van der Waals surface area contributed by atoms with Gasteiger partial charge in [0.05, 0.1) is 41.8 Å². The van der Waals surface area contributed by atoms with Gasteiger partial charge in [0.2, 0.25) is 0 Å². The lowest BCUT2D eigenvalue weighted by Gasteiger charge is -2.70. The van der Waals surface area contributed by atoms with Crippen LogP contribution < -0.4 is 10.2 Å². The van der Waals surface area contributed by atoms with E-state index >= 15 is 0 Å². The maximum Gasteiger partial charge on any atom is 0.335 e. The number of hydrogen-bond acceptors (Lipinski definition) is 9. The van der Waals surface area contributed by atoms with Gasteiger partial charge in [-0.3, -0.25) is 9.80 Å². The van der Waals surface area contributed by atoms with Crippen LogP contribution in [0.25, 0.3) is 0 Å². The number of esters is 1. The molecule has 266 valence electrons. The molecule has 2 aliphatic carbocycles. The molecule has 7 saturated heterocycles. The number of anilines is 2. The third-order valence-electron chi connectivity index (χ3n) is 17.4. The molecular weight excluding hydrogens is 640 g/mol. The normalized spacial score (nSPS) is 50.1. The summed E-state index contributed by atoms with van der Waals surface area (Å²) in [6, 6.07) is 18.3. The van der Waals surface area contributed by atoms with Crippen molar-refractivity contribution in [2.24, 2.45) is 22.2 Å². The number of methoxy groups -OCH3 is 1. The van der Waals surface area contributed by atoms with E-state index in [0.29, 0.717) is 19.1 Å². The highest BCUT2D eigenvalue weighted by Gasteiger charge is 2.84. The van der Waals surface area contributed by atoms with Crippen molar-refractivity contribution >= 4 is 17.3 Å². The second kappa shape index (κ2) is 8.87. The van der Waals surface area contributed by atoms with Crippen LogP contribution in [0.3, 0.4) is 0 Å². The van der Waals surface area contributed by atoms with Gasteiger partial charge in [-0.15, -0.1) is 0 Å². The third-order valence-corrected chi connectivity index (χ3v) is 17.4. The van der Waals surface area contributed by atoms with Gasteiger partial charge < -0.3 is 29.5 Å². The summed E-state index contributed by atoms with van der Waals surface area (Å²) in [5.41, 5.74) is 4.92. The highest BCUT2D eigenvalue weighted by molar-refractivity contribution is 5.93. The van der Waals surface area contributed by atoms with Crippen molar-refractivity contribution in [2.75, 3.05) is 56.7 Å². The van der Waals surface area contributed by atoms with Crippen molar-refractivity contribution < 1.29 is 24.1 Å². The van der Waals surface area contributed by atoms with Crippen LogP contribution in [-0.2, 0) is 29.8 Å². The van der Waals surface area contributed by atoms with Crippen LogP contribution in [0, 0.1) is 22.2 Å². The third kappa shape index (κ3) is 2.85. The highest BCUT2D eigenvalue weighted by atomic mass is 16.6. The summed E-state index contributed by atoms with van der Waals surface area (Å²) in [6.07, 6.45) is 7.13. The van der Waals surface area contributed by atoms with Crippen LogP contribution in [0.4, 0.5) is 11.4 Å². The van der Waals surface area contributed by atoms with Crippen molar-refractivity contribution in [3.8, 4) is 0 Å². The molecule has 0 amide bonds. The Morgan fingerprint density at radius 1 is 1.00 bits per heavy atom. The Morgan fingerprint density at radius 2 is 1.82 bits per heavy atom. The van der Waals surface area contributed by atoms with E-state index < -0.39 is 5.72 Å². The van der Waals surface area contributed by atoms with E-state index in [0.717, 1.165) is 88.2 Å². The number of fused-ring (bicyclic) bond motifs is 6. The minimum atomic E-state index is -0.957. The fraction of sp³-hybridized carbons (Fsp3) is 0.643. The van der Waals surface area contributed by atoms with Crippen LogP contribution in [0.5, 0.6) is 0 Å². The number of rotatable bonds is 2. The number of para-hydroxylation sites is 2. The zero-order valence-electron chi connectivity index (χ0n) is 29.7. The molecule has 11 aliphatic rings. The first-order valence-corrected chi connectivity index (χ1v) is 19.8. The quantitative estimate of drug-likeness (QED) is 0.357. The molecule has 9 aliphatic heterocycles. The van der Waals surface area contributed by atoms with E-state index in [1.165, 1.54) is 23.9 Å². The number of nitrogens with zero attached hydrogens (tertiary/aromatic N) is 3. The van der Waals surface area contributed by atoms with E-state index in [4.69, 9.17) is 14.2 Å². The molecule has 9 nitrogen and oxygen atoms in total. The predicted molar refractivity (Wildman–Crippen MR) is 189 cm³/mol. The monoisotopic (exact) mass is 688 g/mol. The first-order chi connectivity index (χ1) is 24.8. The number of piperidine rings is 3. The van der Waals surface area contributed by atoms with Crippen molar-refractivity contribution in [2.45, 2.75) is 98.8 Å². The van der Waals surface area contributed by atoms with E-state index in [1.54, 1.807) is 0 Å². The lowest BCUT2D eigenvalue weighted by molar-refractivity contribution is -0.226. The number of ether oxygens (including phenoxy) is 3. The van der Waals surface area contributed by atoms with Crippen molar-refractivity contribution in [1.29, 1.82) is 0 Å². The lowest BCUT2D eigenvalue weighted by atomic mass is 9.43. The Labute approximate surface area is 299 Å². The van der Waals surface area contributed by atoms with Gasteiger partial charge in [-0.05, 0) is 81.3 Å². The number of benzene rings is 2. The van der Waals surface area contributed by atoms with Crippen LogP contribution in [0.1, 0.15) is 63.0 Å². The zero-order valence-corrected chi connectivity index (χ0v) is 29.7. The molecule has 0 unspecified atom stereocenters. The first-order valence-electron chi connectivity index (χ1n) is 19.8. The summed E-state index contributed by atoms with van der Waals surface area (Å²) in [5, 5.41) is 17.6. The maximum atomic E-state index is 13.9. The number of epoxide rings is 1. The second-order valence-corrected chi connectivity index (χ2v) is 18.6. The van der Waals surface area contributed by atoms with Gasteiger partial charge in [-0.25, -0.2) is 4.79 Å². The number of carbonyl (C=O) groups is 1. The summed E-state index contributed by atoms with van der Waals surface area (Å²) < 4.78 is 19.4. The van der Waals surface area contributed by atoms with Gasteiger partial charge in [0, 0.05) is 77.6 Å². The Morgan fingerprint density at radius 3 is 2.69 bits per heavy atom. The molecule has 13 rings (SSSR count). The van der Waals surface area contributed by atoms with Crippen molar-refractivity contribution in [1.82, 2.24) is 9.80 Å². The van der Waals surface area contributed by atoms with Crippen LogP contribution in [0.15, 0.2) is 59.8 Å². The summed E-state index contributed by atoms with van der Waals surface area (Å²) in [4.78, 5) is 22.0. The lowest BCUT2D eigenvalue weighted by Crippen LogP contribution is -2.81. The van der Waals surface area contributed by atoms with Gasteiger partial charge in [-0.2, -0.15) is 0 Å². The molecule has 12 atom stereocenters. The van der Waals surface area contributed by atoms with Crippen LogP contribution in [-0.4, -0.2) is 103 Å². The molecule has 51 heavy (non-hydrogen) atoms. The molecule has 2 N–H and O–H groups in total. The topological polar surface area (TPSA) is 90.0 Å². The Balaban J connectivity index is 1.01. The molecule has 0 bridgehead atoms. The largest absolute Gasteiger partial charge is 0.466 e. The zero-order chi connectivity index (χ0) is 33.9. The number of aliphatic hydroxyl groups is 1. The van der Waals surface area contributed by atoms with E-state index in [-0.39, 0.29) is 63.3 Å². The molecule has 2 aromatic rings. The van der Waals surface area contributed by atoms with E-state index in [2.05, 4.69) is 75.5 Å². The number of carbonyl (C=O) groups excluding carboxylic acids is 1. The smallest absolute Gasteiger partial charge is 0.335 e. The number of hydrogen-bond donors (Lipinski definition) is 2. The van der Waals surface area contributed by atoms with Crippen LogP contribution in [0.2, 0.25) is 0 Å². The summed E-state index contributed by atoms with van der Waals surface area (Å²) in [7, 11) is 1.53. The van der Waals surface area contributed by atoms with Gasteiger partial charge in [0.15, 0.2) is 5.72 Å². The number of nitrogens with one attached hydrogen (secondary N) is 1. The molecule has 2 aromatic carbocycles. The van der Waals surface area contributed by atoms with Gasteiger partial charge in [0.25, 0.3) is 0 Å². The highest BCUT2D eigenvalue weighted by Crippen LogP contribution is 2.77. The second-order valence-electron chi connectivity index (χ2n) is 18.6. The SMILES string of the molecule is CC[C@@]12C[C@H]3C[C@@]4(CN5CC[C@]67C(=C(C(=O)OC)C[C@@]8(CCO[C@@H]48)[C@H]56)Nc4ccccc47)CN4c5ccccc5[C@@]5(CCN(C[C@H]6O[C@H]61)[C@@H]25)[C@]34O. The first kappa shape index (κ1) is 29.5. The summed E-state index contributed by atoms with van der Waals surface area (Å²) in [6.45, 7) is 7.83. The van der Waals surface area contributed by atoms with Gasteiger partial charge in [0.1, 0.15) is 0 Å². The fourth-order valence-corrected chi connectivity index (χ4v) is 16.4. The molecule has 1 saturated carbocycles. The van der Waals surface area contributed by atoms with Gasteiger partial charge >= 0.3 is 5.97 Å².